The van der Waals surface area contributed by atoms with Crippen LogP contribution in [0.4, 0.5) is 20.2 Å². The summed E-state index contributed by atoms with van der Waals surface area (Å²) in [7, 11) is -2.25. The Balaban J connectivity index is 2.80. The molecule has 0 spiro atoms. The number of hydrogen-bond donors (Lipinski definition) is 1. The summed E-state index contributed by atoms with van der Waals surface area (Å²) >= 11 is 0. The number of alkyl halides is 2. The van der Waals surface area contributed by atoms with E-state index >= 15 is 0 Å². The molecule has 20 heavy (non-hydrogen) atoms. The molecule has 1 aromatic carbocycles. The van der Waals surface area contributed by atoms with Gasteiger partial charge in [0.05, 0.1) is 11.4 Å². The molecule has 1 aromatic rings. The van der Waals surface area contributed by atoms with Gasteiger partial charge in [-0.15, -0.1) is 0 Å². The van der Waals surface area contributed by atoms with Gasteiger partial charge in [0, 0.05) is 35.2 Å². The summed E-state index contributed by atoms with van der Waals surface area (Å²) in [5.41, 5.74) is 1.34. The van der Waals surface area contributed by atoms with Crippen LogP contribution in [0.3, 0.4) is 0 Å². The zero-order valence-corrected chi connectivity index (χ0v) is 12.9. The number of nitrogens with one attached hydrogen (secondary N) is 1. The van der Waals surface area contributed by atoms with Crippen LogP contribution in [0.25, 0.3) is 0 Å². The molecule has 0 saturated carbocycles. The van der Waals surface area contributed by atoms with Gasteiger partial charge in [0.25, 0.3) is 0 Å². The molecule has 0 amide bonds. The van der Waals surface area contributed by atoms with Gasteiger partial charge in [0.15, 0.2) is 0 Å². The smallest absolute Gasteiger partial charge is 0.239 e. The third kappa shape index (κ3) is 6.32. The lowest BCUT2D eigenvalue weighted by Crippen LogP contribution is -2.16. The molecule has 0 bridgehead atoms. The van der Waals surface area contributed by atoms with Crippen LogP contribution < -0.4 is 5.32 Å². The van der Waals surface area contributed by atoms with E-state index < -0.39 is 16.2 Å². The van der Waals surface area contributed by atoms with E-state index in [1.165, 1.54) is 0 Å². The number of hydrogen-bond acceptors (Lipinski definition) is 3. The van der Waals surface area contributed by atoms with E-state index in [0.29, 0.717) is 18.7 Å². The lowest BCUT2D eigenvalue weighted by atomic mass is 10.0. The van der Waals surface area contributed by atoms with Gasteiger partial charge >= 0.3 is 0 Å². The molecular formula is C14H22F2N2OS. The average Bonchev–Trinajstić information content (AvgIpc) is 2.33. The van der Waals surface area contributed by atoms with Crippen molar-refractivity contribution in [3.05, 3.63) is 24.3 Å². The second kappa shape index (κ2) is 7.57. The normalized spacial score (nSPS) is 13.3. The van der Waals surface area contributed by atoms with Gasteiger partial charge in [-0.05, 0) is 18.1 Å². The highest BCUT2D eigenvalue weighted by Crippen LogP contribution is 2.26. The van der Waals surface area contributed by atoms with Crippen LogP contribution in [-0.2, 0) is 9.73 Å². The second-order valence-corrected chi connectivity index (χ2v) is 7.62. The Morgan fingerprint density at radius 2 is 1.95 bits per heavy atom. The van der Waals surface area contributed by atoms with Crippen LogP contribution in [0.15, 0.2) is 28.6 Å². The number of nitrogens with zero attached hydrogens (tertiary/aromatic N) is 1. The largest absolute Gasteiger partial charge is 0.383 e. The molecule has 0 heterocycles. The molecule has 0 aliphatic heterocycles. The summed E-state index contributed by atoms with van der Waals surface area (Å²) < 4.78 is 40.8. The molecular weight excluding hydrogens is 282 g/mol. The minimum absolute atomic E-state index is 0.0873. The van der Waals surface area contributed by atoms with Gasteiger partial charge < -0.3 is 5.32 Å². The summed E-state index contributed by atoms with van der Waals surface area (Å²) in [6.45, 7) is 2.36. The summed E-state index contributed by atoms with van der Waals surface area (Å²) in [4.78, 5) is 0. The Kier molecular flexibility index (Phi) is 6.39. The quantitative estimate of drug-likeness (QED) is 0.822. The Bertz CT molecular complexity index is 532. The molecule has 1 atom stereocenters. The second-order valence-electron chi connectivity index (χ2n) is 5.07. The van der Waals surface area contributed by atoms with Crippen LogP contribution in [0, 0.1) is 5.92 Å². The van der Waals surface area contributed by atoms with Crippen molar-refractivity contribution in [2.45, 2.75) is 26.2 Å². The molecule has 0 radical (unpaired) electrons. The van der Waals surface area contributed by atoms with Crippen LogP contribution in [0.2, 0.25) is 0 Å². The molecule has 0 fully saturated rings. The lowest BCUT2D eigenvalue weighted by Gasteiger charge is -2.17. The van der Waals surface area contributed by atoms with E-state index in [4.69, 9.17) is 0 Å². The van der Waals surface area contributed by atoms with Gasteiger partial charge in [-0.2, -0.15) is 4.36 Å². The molecule has 0 saturated heterocycles. The van der Waals surface area contributed by atoms with Crippen molar-refractivity contribution in [2.24, 2.45) is 10.3 Å². The monoisotopic (exact) mass is 304 g/mol. The lowest BCUT2D eigenvalue weighted by molar-refractivity contribution is 0.116. The molecule has 0 aromatic heterocycles. The number of anilines is 1. The molecule has 1 N–H and O–H groups in total. The SMILES string of the molecule is CCC(CNc1ccccc1N=S(C)(C)=O)CC(F)F. The zero-order valence-electron chi connectivity index (χ0n) is 12.1. The van der Waals surface area contributed by atoms with E-state index in [-0.39, 0.29) is 12.3 Å². The van der Waals surface area contributed by atoms with Gasteiger partial charge in [0.2, 0.25) is 6.43 Å². The van der Waals surface area contributed by atoms with E-state index in [2.05, 4.69) is 9.68 Å². The molecule has 3 nitrogen and oxygen atoms in total. The summed E-state index contributed by atoms with van der Waals surface area (Å²) in [5, 5.41) is 3.14. The van der Waals surface area contributed by atoms with E-state index in [1.807, 2.05) is 25.1 Å². The van der Waals surface area contributed by atoms with Crippen molar-refractivity contribution in [1.82, 2.24) is 0 Å². The Labute approximate surface area is 120 Å². The highest BCUT2D eigenvalue weighted by atomic mass is 32.2. The average molecular weight is 304 g/mol. The van der Waals surface area contributed by atoms with Gasteiger partial charge in [0.1, 0.15) is 0 Å². The van der Waals surface area contributed by atoms with E-state index in [9.17, 15) is 13.0 Å². The number of rotatable bonds is 7. The maximum Gasteiger partial charge on any atom is 0.239 e. The highest BCUT2D eigenvalue weighted by Gasteiger charge is 2.13. The van der Waals surface area contributed by atoms with Crippen LogP contribution in [0.5, 0.6) is 0 Å². The van der Waals surface area contributed by atoms with Crippen LogP contribution in [0.1, 0.15) is 19.8 Å². The molecule has 1 rings (SSSR count). The summed E-state index contributed by atoms with van der Waals surface area (Å²) in [5.74, 6) is -0.0873. The molecule has 1 unspecified atom stereocenters. The number of halogens is 2. The third-order valence-electron chi connectivity index (χ3n) is 2.89. The maximum absolute atomic E-state index is 12.4. The molecule has 0 aliphatic carbocycles. The van der Waals surface area contributed by atoms with Crippen molar-refractivity contribution in [3.63, 3.8) is 0 Å². The minimum Gasteiger partial charge on any atom is -0.383 e. The number of para-hydroxylation sites is 1. The Morgan fingerprint density at radius 3 is 2.50 bits per heavy atom. The van der Waals surface area contributed by atoms with Crippen LogP contribution in [-0.4, -0.2) is 29.7 Å². The predicted molar refractivity (Wildman–Crippen MR) is 81.4 cm³/mol. The van der Waals surface area contributed by atoms with Crippen LogP contribution >= 0.6 is 0 Å². The first-order chi connectivity index (χ1) is 9.31. The van der Waals surface area contributed by atoms with Crippen molar-refractivity contribution in [3.8, 4) is 0 Å². The topological polar surface area (TPSA) is 41.5 Å². The van der Waals surface area contributed by atoms with E-state index in [0.717, 1.165) is 5.69 Å². The fourth-order valence-electron chi connectivity index (χ4n) is 1.84. The van der Waals surface area contributed by atoms with Crippen molar-refractivity contribution in [1.29, 1.82) is 0 Å². The van der Waals surface area contributed by atoms with Gasteiger partial charge in [-0.25, -0.2) is 13.0 Å². The molecule has 114 valence electrons. The maximum atomic E-state index is 12.4. The first-order valence-corrected chi connectivity index (χ1v) is 8.93. The summed E-state index contributed by atoms with van der Waals surface area (Å²) in [6.07, 6.45) is 1.42. The standard InChI is InChI=1S/C14H22F2N2OS/c1-4-11(9-14(15)16)10-17-12-7-5-6-8-13(12)18-20(2,3)19/h5-8,11,14,17H,4,9-10H2,1-3H3. The Morgan fingerprint density at radius 1 is 1.30 bits per heavy atom. The first kappa shape index (κ1) is 16.9. The molecule has 0 aliphatic rings. The summed E-state index contributed by atoms with van der Waals surface area (Å²) in [6, 6.07) is 7.23. The fraction of sp³-hybridized carbons (Fsp3) is 0.571. The molecule has 6 heteroatoms. The first-order valence-electron chi connectivity index (χ1n) is 6.60. The minimum atomic E-state index is -2.29. The van der Waals surface area contributed by atoms with Gasteiger partial charge in [-0.3, -0.25) is 0 Å². The Hall–Kier alpha value is -1.17. The van der Waals surface area contributed by atoms with Crippen molar-refractivity contribution in [2.75, 3.05) is 24.4 Å². The van der Waals surface area contributed by atoms with Gasteiger partial charge in [-0.1, -0.05) is 25.5 Å². The highest BCUT2D eigenvalue weighted by molar-refractivity contribution is 7.92. The van der Waals surface area contributed by atoms with Crippen molar-refractivity contribution < 1.29 is 13.0 Å². The predicted octanol–water partition coefficient (Wildman–Crippen LogP) is 4.14. The van der Waals surface area contributed by atoms with E-state index in [1.54, 1.807) is 18.6 Å². The van der Waals surface area contributed by atoms with Crippen molar-refractivity contribution >= 4 is 21.1 Å². The zero-order chi connectivity index (χ0) is 15.2. The third-order valence-corrected chi connectivity index (χ3v) is 3.53. The number of benzene rings is 1. The fourth-order valence-corrected chi connectivity index (χ4v) is 2.47.